The summed E-state index contributed by atoms with van der Waals surface area (Å²) in [6, 6.07) is 4.99. The van der Waals surface area contributed by atoms with Crippen LogP contribution in [0.2, 0.25) is 5.02 Å². The van der Waals surface area contributed by atoms with Crippen LogP contribution in [0.25, 0.3) is 0 Å². The van der Waals surface area contributed by atoms with Crippen molar-refractivity contribution in [3.63, 3.8) is 0 Å². The summed E-state index contributed by atoms with van der Waals surface area (Å²) in [5, 5.41) is 3.30. The standard InChI is InChI=1S/C19H25ClN2O3/c20-14-8-9-17(16(12-14)19(24)22-10-4-5-11-22)21-18(23)13-25-15-6-2-1-3-7-15/h8-9,12,15H,1-7,10-11,13H2,(H,21,23). The average molecular weight is 365 g/mol. The molecule has 5 nitrogen and oxygen atoms in total. The van der Waals surface area contributed by atoms with E-state index in [1.807, 2.05) is 0 Å². The molecule has 0 atom stereocenters. The predicted molar refractivity (Wildman–Crippen MR) is 98.0 cm³/mol. The number of rotatable bonds is 5. The summed E-state index contributed by atoms with van der Waals surface area (Å²) < 4.78 is 5.71. The fraction of sp³-hybridized carbons (Fsp3) is 0.579. The molecule has 25 heavy (non-hydrogen) atoms. The van der Waals surface area contributed by atoms with Gasteiger partial charge in [0.05, 0.1) is 17.4 Å². The Morgan fingerprint density at radius 3 is 2.56 bits per heavy atom. The lowest BCUT2D eigenvalue weighted by Crippen LogP contribution is -2.30. The molecule has 2 amide bonds. The van der Waals surface area contributed by atoms with E-state index in [-0.39, 0.29) is 24.5 Å². The number of benzene rings is 1. The Morgan fingerprint density at radius 1 is 1.12 bits per heavy atom. The van der Waals surface area contributed by atoms with Crippen LogP contribution in [0.1, 0.15) is 55.3 Å². The molecule has 1 aromatic carbocycles. The van der Waals surface area contributed by atoms with Gasteiger partial charge in [-0.3, -0.25) is 9.59 Å². The summed E-state index contributed by atoms with van der Waals surface area (Å²) in [4.78, 5) is 26.7. The van der Waals surface area contributed by atoms with Crippen molar-refractivity contribution in [1.29, 1.82) is 0 Å². The van der Waals surface area contributed by atoms with Crippen LogP contribution in [-0.4, -0.2) is 42.5 Å². The van der Waals surface area contributed by atoms with Crippen molar-refractivity contribution in [2.75, 3.05) is 25.0 Å². The highest BCUT2D eigenvalue weighted by molar-refractivity contribution is 6.31. The summed E-state index contributed by atoms with van der Waals surface area (Å²) >= 11 is 6.06. The molecule has 1 aromatic rings. The predicted octanol–water partition coefficient (Wildman–Crippen LogP) is 3.86. The van der Waals surface area contributed by atoms with E-state index in [4.69, 9.17) is 16.3 Å². The van der Waals surface area contributed by atoms with Crippen LogP contribution in [-0.2, 0) is 9.53 Å². The molecule has 0 unspecified atom stereocenters. The van der Waals surface area contributed by atoms with Gasteiger partial charge in [-0.05, 0) is 43.9 Å². The van der Waals surface area contributed by atoms with Crippen molar-refractivity contribution in [3.8, 4) is 0 Å². The third-order valence-corrected chi connectivity index (χ3v) is 5.12. The Bertz CT molecular complexity index is 623. The zero-order valence-corrected chi connectivity index (χ0v) is 15.2. The molecule has 3 rings (SSSR count). The summed E-state index contributed by atoms with van der Waals surface area (Å²) in [5.41, 5.74) is 0.943. The maximum absolute atomic E-state index is 12.7. The number of amides is 2. The highest BCUT2D eigenvalue weighted by atomic mass is 35.5. The number of carbonyl (C=O) groups excluding carboxylic acids is 2. The van der Waals surface area contributed by atoms with E-state index in [2.05, 4.69) is 5.32 Å². The van der Waals surface area contributed by atoms with Gasteiger partial charge in [0.2, 0.25) is 5.91 Å². The molecular weight excluding hydrogens is 340 g/mol. The first-order chi connectivity index (χ1) is 12.1. The number of ether oxygens (including phenoxy) is 1. The van der Waals surface area contributed by atoms with Gasteiger partial charge in [0.15, 0.2) is 0 Å². The van der Waals surface area contributed by atoms with Crippen LogP contribution in [0.4, 0.5) is 5.69 Å². The van der Waals surface area contributed by atoms with Crippen molar-refractivity contribution < 1.29 is 14.3 Å². The minimum absolute atomic E-state index is 0.0185. The van der Waals surface area contributed by atoms with E-state index in [9.17, 15) is 9.59 Å². The number of hydrogen-bond donors (Lipinski definition) is 1. The van der Waals surface area contributed by atoms with Crippen LogP contribution in [0.15, 0.2) is 18.2 Å². The van der Waals surface area contributed by atoms with E-state index >= 15 is 0 Å². The van der Waals surface area contributed by atoms with Crippen LogP contribution in [0.3, 0.4) is 0 Å². The number of nitrogens with one attached hydrogen (secondary N) is 1. The molecule has 0 aromatic heterocycles. The van der Waals surface area contributed by atoms with Crippen molar-refractivity contribution in [1.82, 2.24) is 4.90 Å². The summed E-state index contributed by atoms with van der Waals surface area (Å²) in [6.45, 7) is 1.53. The quantitative estimate of drug-likeness (QED) is 0.862. The molecule has 0 bridgehead atoms. The van der Waals surface area contributed by atoms with Gasteiger partial charge in [-0.15, -0.1) is 0 Å². The third kappa shape index (κ3) is 4.95. The van der Waals surface area contributed by atoms with E-state index < -0.39 is 0 Å². The molecule has 136 valence electrons. The first kappa shape index (κ1) is 18.2. The maximum atomic E-state index is 12.7. The zero-order valence-electron chi connectivity index (χ0n) is 14.4. The second-order valence-electron chi connectivity index (χ2n) is 6.81. The molecule has 2 fully saturated rings. The lowest BCUT2D eigenvalue weighted by atomic mass is 9.98. The molecule has 6 heteroatoms. The van der Waals surface area contributed by atoms with Gasteiger partial charge in [0.1, 0.15) is 6.61 Å². The van der Waals surface area contributed by atoms with Crippen molar-refractivity contribution in [3.05, 3.63) is 28.8 Å². The minimum atomic E-state index is -0.233. The number of likely N-dealkylation sites (tertiary alicyclic amines) is 1. The fourth-order valence-corrected chi connectivity index (χ4v) is 3.68. The molecular formula is C19H25ClN2O3. The largest absolute Gasteiger partial charge is 0.368 e. The van der Waals surface area contributed by atoms with Crippen molar-refractivity contribution >= 4 is 29.1 Å². The Hall–Kier alpha value is -1.59. The van der Waals surface area contributed by atoms with Gasteiger partial charge in [-0.2, -0.15) is 0 Å². The van der Waals surface area contributed by atoms with E-state index in [0.717, 1.165) is 51.6 Å². The fourth-order valence-electron chi connectivity index (χ4n) is 3.50. The summed E-state index contributed by atoms with van der Waals surface area (Å²) in [5.74, 6) is -0.313. The maximum Gasteiger partial charge on any atom is 0.256 e. The Labute approximate surface area is 153 Å². The van der Waals surface area contributed by atoms with Gasteiger partial charge in [0, 0.05) is 18.1 Å². The second kappa shape index (κ2) is 8.68. The smallest absolute Gasteiger partial charge is 0.256 e. The van der Waals surface area contributed by atoms with Gasteiger partial charge >= 0.3 is 0 Å². The van der Waals surface area contributed by atoms with Crippen LogP contribution < -0.4 is 5.32 Å². The van der Waals surface area contributed by atoms with Crippen LogP contribution in [0, 0.1) is 0 Å². The van der Waals surface area contributed by atoms with E-state index in [0.29, 0.717) is 16.3 Å². The molecule has 1 heterocycles. The SMILES string of the molecule is O=C(COC1CCCCC1)Nc1ccc(Cl)cc1C(=O)N1CCCC1. The molecule has 0 spiro atoms. The summed E-state index contributed by atoms with van der Waals surface area (Å²) in [7, 11) is 0. The average Bonchev–Trinajstić information content (AvgIpc) is 3.16. The van der Waals surface area contributed by atoms with Gasteiger partial charge < -0.3 is 15.0 Å². The van der Waals surface area contributed by atoms with E-state index in [1.54, 1.807) is 23.1 Å². The second-order valence-corrected chi connectivity index (χ2v) is 7.24. The number of nitrogens with zero attached hydrogens (tertiary/aromatic N) is 1. The first-order valence-electron chi connectivity index (χ1n) is 9.14. The lowest BCUT2D eigenvalue weighted by Gasteiger charge is -2.22. The van der Waals surface area contributed by atoms with Crippen molar-refractivity contribution in [2.24, 2.45) is 0 Å². The molecule has 1 N–H and O–H groups in total. The highest BCUT2D eigenvalue weighted by Gasteiger charge is 2.23. The number of anilines is 1. The lowest BCUT2D eigenvalue weighted by molar-refractivity contribution is -0.123. The van der Waals surface area contributed by atoms with Gasteiger partial charge in [-0.1, -0.05) is 30.9 Å². The van der Waals surface area contributed by atoms with Crippen LogP contribution >= 0.6 is 11.6 Å². The molecule has 1 aliphatic carbocycles. The van der Waals surface area contributed by atoms with Crippen LogP contribution in [0.5, 0.6) is 0 Å². The van der Waals surface area contributed by atoms with Gasteiger partial charge in [0.25, 0.3) is 5.91 Å². The molecule has 0 radical (unpaired) electrons. The monoisotopic (exact) mass is 364 g/mol. The number of carbonyl (C=O) groups is 2. The minimum Gasteiger partial charge on any atom is -0.368 e. The van der Waals surface area contributed by atoms with Gasteiger partial charge in [-0.25, -0.2) is 0 Å². The first-order valence-corrected chi connectivity index (χ1v) is 9.51. The molecule has 1 saturated heterocycles. The summed E-state index contributed by atoms with van der Waals surface area (Å²) in [6.07, 6.45) is 7.83. The molecule has 1 aliphatic heterocycles. The number of halogens is 1. The zero-order chi connectivity index (χ0) is 17.6. The van der Waals surface area contributed by atoms with Crippen molar-refractivity contribution in [2.45, 2.75) is 51.0 Å². The number of hydrogen-bond acceptors (Lipinski definition) is 3. The topological polar surface area (TPSA) is 58.6 Å². The normalized spacial score (nSPS) is 18.4. The Balaban J connectivity index is 1.62. The highest BCUT2D eigenvalue weighted by Crippen LogP contribution is 2.24. The third-order valence-electron chi connectivity index (χ3n) is 4.88. The Morgan fingerprint density at radius 2 is 1.84 bits per heavy atom. The Kier molecular flexibility index (Phi) is 6.32. The molecule has 1 saturated carbocycles. The van der Waals surface area contributed by atoms with E-state index in [1.165, 1.54) is 6.42 Å². The molecule has 2 aliphatic rings.